The summed E-state index contributed by atoms with van der Waals surface area (Å²) in [7, 11) is 0. The number of halogens is 1. The molecule has 2 unspecified atom stereocenters. The molecular weight excluding hydrogens is 268 g/mol. The second-order valence-electron chi connectivity index (χ2n) is 5.42. The van der Waals surface area contributed by atoms with Crippen molar-refractivity contribution in [1.82, 2.24) is 19.4 Å². The van der Waals surface area contributed by atoms with Gasteiger partial charge < -0.3 is 0 Å². The molecule has 100 valence electrons. The lowest BCUT2D eigenvalue weighted by Gasteiger charge is -2.47. The number of piperidine rings is 1. The summed E-state index contributed by atoms with van der Waals surface area (Å²) in [6.07, 6.45) is 4.08. The van der Waals surface area contributed by atoms with Gasteiger partial charge in [-0.3, -0.25) is 9.80 Å². The standard InChI is InChI=1S/C12H19ClN4S/c1-9-6-16-5-3-2-4-10(16)7-17(9)8-11-12(13)18-15-14-11/h9-10H,2-8H2,1H3. The van der Waals surface area contributed by atoms with Gasteiger partial charge in [0.1, 0.15) is 10.0 Å². The van der Waals surface area contributed by atoms with Crippen LogP contribution in [0.2, 0.25) is 4.34 Å². The highest BCUT2D eigenvalue weighted by atomic mass is 35.5. The van der Waals surface area contributed by atoms with Crippen LogP contribution in [0.3, 0.4) is 0 Å². The summed E-state index contributed by atoms with van der Waals surface area (Å²) in [5.74, 6) is 0. The molecule has 1 aromatic rings. The predicted molar refractivity (Wildman–Crippen MR) is 74.0 cm³/mol. The van der Waals surface area contributed by atoms with Gasteiger partial charge in [-0.25, -0.2) is 0 Å². The Labute approximate surface area is 117 Å². The van der Waals surface area contributed by atoms with Gasteiger partial charge in [-0.15, -0.1) is 5.10 Å². The molecule has 2 aliphatic rings. The first-order valence-electron chi connectivity index (χ1n) is 6.69. The molecule has 0 aliphatic carbocycles. The molecule has 1 aromatic heterocycles. The van der Waals surface area contributed by atoms with Crippen LogP contribution >= 0.6 is 23.1 Å². The van der Waals surface area contributed by atoms with E-state index in [1.165, 1.54) is 43.9 Å². The smallest absolute Gasteiger partial charge is 0.138 e. The van der Waals surface area contributed by atoms with Crippen molar-refractivity contribution in [1.29, 1.82) is 0 Å². The number of aromatic nitrogens is 2. The second-order valence-corrected chi connectivity index (χ2v) is 6.77. The quantitative estimate of drug-likeness (QED) is 0.835. The molecule has 18 heavy (non-hydrogen) atoms. The van der Waals surface area contributed by atoms with Crippen molar-refractivity contribution in [2.45, 2.75) is 44.8 Å². The Balaban J connectivity index is 1.67. The number of rotatable bonds is 2. The van der Waals surface area contributed by atoms with Gasteiger partial charge >= 0.3 is 0 Å². The number of fused-ring (bicyclic) bond motifs is 1. The van der Waals surface area contributed by atoms with E-state index in [-0.39, 0.29) is 0 Å². The van der Waals surface area contributed by atoms with Crippen molar-refractivity contribution in [2.75, 3.05) is 19.6 Å². The Morgan fingerprint density at radius 2 is 2.28 bits per heavy atom. The van der Waals surface area contributed by atoms with Crippen LogP contribution in [0.15, 0.2) is 0 Å². The summed E-state index contributed by atoms with van der Waals surface area (Å²) in [6.45, 7) is 6.76. The van der Waals surface area contributed by atoms with Gasteiger partial charge in [0.15, 0.2) is 0 Å². The van der Waals surface area contributed by atoms with Crippen LogP contribution in [0, 0.1) is 0 Å². The van der Waals surface area contributed by atoms with Crippen LogP contribution < -0.4 is 0 Å². The maximum absolute atomic E-state index is 6.10. The first-order chi connectivity index (χ1) is 8.74. The summed E-state index contributed by atoms with van der Waals surface area (Å²) >= 11 is 7.38. The van der Waals surface area contributed by atoms with Crippen molar-refractivity contribution in [3.63, 3.8) is 0 Å². The van der Waals surface area contributed by atoms with E-state index in [2.05, 4.69) is 26.3 Å². The number of hydrogen-bond acceptors (Lipinski definition) is 5. The van der Waals surface area contributed by atoms with E-state index >= 15 is 0 Å². The minimum Gasteiger partial charge on any atom is -0.298 e. The molecule has 0 spiro atoms. The van der Waals surface area contributed by atoms with Gasteiger partial charge in [-0.05, 0) is 26.3 Å². The molecule has 6 heteroatoms. The lowest BCUT2D eigenvalue weighted by molar-refractivity contribution is 0.0105. The lowest BCUT2D eigenvalue weighted by atomic mass is 9.97. The number of hydrogen-bond donors (Lipinski definition) is 0. The molecule has 2 atom stereocenters. The van der Waals surface area contributed by atoms with Crippen LogP contribution in [0.5, 0.6) is 0 Å². The van der Waals surface area contributed by atoms with Crippen molar-refractivity contribution in [3.8, 4) is 0 Å². The Morgan fingerprint density at radius 1 is 1.39 bits per heavy atom. The van der Waals surface area contributed by atoms with E-state index in [1.807, 2.05) is 0 Å². The Morgan fingerprint density at radius 3 is 3.06 bits per heavy atom. The Kier molecular flexibility index (Phi) is 3.84. The molecule has 3 rings (SSSR count). The van der Waals surface area contributed by atoms with E-state index < -0.39 is 0 Å². The van der Waals surface area contributed by atoms with E-state index in [9.17, 15) is 0 Å². The highest BCUT2D eigenvalue weighted by molar-refractivity contribution is 7.10. The van der Waals surface area contributed by atoms with Crippen LogP contribution in [0.25, 0.3) is 0 Å². The summed E-state index contributed by atoms with van der Waals surface area (Å²) in [6, 6.07) is 1.32. The van der Waals surface area contributed by atoms with Gasteiger partial charge in [-0.1, -0.05) is 22.5 Å². The van der Waals surface area contributed by atoms with E-state index in [4.69, 9.17) is 11.6 Å². The van der Waals surface area contributed by atoms with Gasteiger partial charge in [-0.2, -0.15) is 0 Å². The minimum atomic E-state index is 0.581. The first-order valence-corrected chi connectivity index (χ1v) is 7.84. The Hall–Kier alpha value is -0.230. The lowest BCUT2D eigenvalue weighted by Crippen LogP contribution is -2.58. The Bertz CT molecular complexity index is 411. The zero-order valence-corrected chi connectivity index (χ0v) is 12.3. The predicted octanol–water partition coefficient (Wildman–Crippen LogP) is 2.25. The maximum atomic E-state index is 6.10. The zero-order valence-electron chi connectivity index (χ0n) is 10.7. The fourth-order valence-corrected chi connectivity index (χ4v) is 3.73. The van der Waals surface area contributed by atoms with Crippen LogP contribution in [0.4, 0.5) is 0 Å². The molecule has 0 aromatic carbocycles. The van der Waals surface area contributed by atoms with E-state index in [0.717, 1.165) is 29.2 Å². The molecule has 2 aliphatic heterocycles. The van der Waals surface area contributed by atoms with E-state index in [1.54, 1.807) is 0 Å². The summed E-state index contributed by atoms with van der Waals surface area (Å²) in [5, 5.41) is 4.13. The number of piperazine rings is 1. The van der Waals surface area contributed by atoms with Crippen LogP contribution in [0.1, 0.15) is 31.9 Å². The maximum Gasteiger partial charge on any atom is 0.138 e. The summed E-state index contributed by atoms with van der Waals surface area (Å²) < 4.78 is 4.66. The van der Waals surface area contributed by atoms with Crippen molar-refractivity contribution in [2.24, 2.45) is 0 Å². The monoisotopic (exact) mass is 286 g/mol. The average Bonchev–Trinajstić information content (AvgIpc) is 2.76. The van der Waals surface area contributed by atoms with Crippen LogP contribution in [-0.4, -0.2) is 51.1 Å². The number of nitrogens with zero attached hydrogens (tertiary/aromatic N) is 4. The second kappa shape index (κ2) is 5.41. The molecule has 2 saturated heterocycles. The van der Waals surface area contributed by atoms with E-state index in [0.29, 0.717) is 6.04 Å². The van der Waals surface area contributed by atoms with Crippen molar-refractivity contribution >= 4 is 23.1 Å². The highest BCUT2D eigenvalue weighted by Crippen LogP contribution is 2.26. The third-order valence-corrected chi connectivity index (χ3v) is 5.16. The molecule has 0 saturated carbocycles. The molecule has 0 N–H and O–H groups in total. The van der Waals surface area contributed by atoms with Gasteiger partial charge in [0.05, 0.1) is 0 Å². The van der Waals surface area contributed by atoms with Crippen molar-refractivity contribution < 1.29 is 0 Å². The topological polar surface area (TPSA) is 32.3 Å². The molecular formula is C12H19ClN4S. The summed E-state index contributed by atoms with van der Waals surface area (Å²) in [5.41, 5.74) is 0.942. The third kappa shape index (κ3) is 2.54. The highest BCUT2D eigenvalue weighted by Gasteiger charge is 2.33. The fourth-order valence-electron chi connectivity index (χ4n) is 3.12. The molecule has 0 bridgehead atoms. The fraction of sp³-hybridized carbons (Fsp3) is 0.833. The van der Waals surface area contributed by atoms with Gasteiger partial charge in [0.2, 0.25) is 0 Å². The third-order valence-electron chi connectivity index (χ3n) is 4.18. The zero-order chi connectivity index (χ0) is 12.5. The molecule has 2 fully saturated rings. The van der Waals surface area contributed by atoms with Gasteiger partial charge in [0, 0.05) is 43.3 Å². The summed E-state index contributed by atoms with van der Waals surface area (Å²) in [4.78, 5) is 5.17. The average molecular weight is 287 g/mol. The first kappa shape index (κ1) is 12.8. The largest absolute Gasteiger partial charge is 0.298 e. The molecule has 0 amide bonds. The van der Waals surface area contributed by atoms with Crippen molar-refractivity contribution in [3.05, 3.63) is 10.0 Å². The minimum absolute atomic E-state index is 0.581. The molecule has 0 radical (unpaired) electrons. The van der Waals surface area contributed by atoms with Crippen LogP contribution in [-0.2, 0) is 6.54 Å². The normalized spacial score (nSPS) is 30.3. The molecule has 3 heterocycles. The SMILES string of the molecule is CC1CN2CCCCC2CN1Cc1nnsc1Cl. The van der Waals surface area contributed by atoms with Gasteiger partial charge in [0.25, 0.3) is 0 Å². The molecule has 4 nitrogen and oxygen atoms in total.